The summed E-state index contributed by atoms with van der Waals surface area (Å²) in [5.74, 6) is 0.629. The Morgan fingerprint density at radius 2 is 1.64 bits per heavy atom. The molecule has 1 N–H and O–H groups in total. The summed E-state index contributed by atoms with van der Waals surface area (Å²) in [4.78, 5) is 20.0. The third kappa shape index (κ3) is 5.56. The fraction of sp³-hybridized carbons (Fsp3) is 0.158. The smallest absolute Gasteiger partial charge is 0.255 e. The Morgan fingerprint density at radius 1 is 0.909 bits per heavy atom. The maximum Gasteiger partial charge on any atom is 0.255 e. The van der Waals surface area contributed by atoms with E-state index >= 15 is 0 Å². The molecule has 3 aromatic heterocycles. The Bertz CT molecular complexity index is 1920. The van der Waals surface area contributed by atoms with E-state index in [1.54, 1.807) is 17.6 Å². The first-order chi connectivity index (χ1) is 21.7. The highest BCUT2D eigenvalue weighted by Gasteiger charge is 2.26. The number of furan rings is 1. The second-order valence-corrected chi connectivity index (χ2v) is 12.2. The first-order valence-electron chi connectivity index (χ1n) is 15.1. The fourth-order valence-corrected chi connectivity index (χ4v) is 7.21. The van der Waals surface area contributed by atoms with Gasteiger partial charge in [0.25, 0.3) is 5.91 Å². The number of benzene rings is 3. The van der Waals surface area contributed by atoms with Crippen LogP contribution in [0.15, 0.2) is 119 Å². The van der Waals surface area contributed by atoms with E-state index in [4.69, 9.17) is 9.41 Å². The van der Waals surface area contributed by atoms with Crippen LogP contribution in [0.25, 0.3) is 28.2 Å². The van der Waals surface area contributed by atoms with Gasteiger partial charge in [-0.25, -0.2) is 4.99 Å². The molecular weight excluding hydrogens is 563 g/mol. The van der Waals surface area contributed by atoms with E-state index < -0.39 is 0 Å². The van der Waals surface area contributed by atoms with E-state index in [0.29, 0.717) is 12.1 Å². The fourth-order valence-electron chi connectivity index (χ4n) is 5.98. The number of thiophene rings is 1. The van der Waals surface area contributed by atoms with E-state index in [2.05, 4.69) is 95.7 Å². The minimum atomic E-state index is -0.0987. The molecule has 0 bridgehead atoms. The van der Waals surface area contributed by atoms with E-state index in [1.165, 1.54) is 10.4 Å². The number of rotatable bonds is 8. The Kier molecular flexibility index (Phi) is 7.82. The van der Waals surface area contributed by atoms with Crippen molar-refractivity contribution < 1.29 is 9.21 Å². The number of nitrogens with zero attached hydrogens (tertiary/aromatic N) is 2. The molecule has 0 fully saturated rings. The number of carbonyl (C=O) groups is 1. The van der Waals surface area contributed by atoms with Gasteiger partial charge in [0.2, 0.25) is 0 Å². The number of hydrogen-bond acceptors (Lipinski definition) is 4. The predicted molar refractivity (Wildman–Crippen MR) is 179 cm³/mol. The summed E-state index contributed by atoms with van der Waals surface area (Å²) >= 11 is 1.65. The van der Waals surface area contributed by atoms with Crippen LogP contribution in [-0.4, -0.2) is 16.7 Å². The normalized spacial score (nSPS) is 12.8. The average Bonchev–Trinajstić information content (AvgIpc) is 3.81. The third-order valence-corrected chi connectivity index (χ3v) is 9.34. The van der Waals surface area contributed by atoms with Crippen LogP contribution in [0.5, 0.6) is 0 Å². The standard InChI is InChI=1S/C38H33N3O2S/c1-26-18-20-30(21-19-26)41-33(27-11-4-2-5-12-27)23-29(36(41)28-13-6-3-7-14-28)24-40-38-35(32-16-8-9-17-34(32)44-38)37(42)39-25-31-15-10-22-43-31/h2-7,10-15,18-24H,8-9,16-17,25H2,1H3,(H,39,42). The van der Waals surface area contributed by atoms with Crippen LogP contribution >= 0.6 is 11.3 Å². The molecule has 0 aliphatic heterocycles. The lowest BCUT2D eigenvalue weighted by Gasteiger charge is -2.15. The van der Waals surface area contributed by atoms with Crippen molar-refractivity contribution in [1.29, 1.82) is 0 Å². The SMILES string of the molecule is Cc1ccc(-n2c(-c3ccccc3)cc(C=Nc3sc4c(c3C(=O)NCc3ccco3)CCCC4)c2-c2ccccc2)cc1. The molecule has 0 spiro atoms. The van der Waals surface area contributed by atoms with Crippen LogP contribution in [-0.2, 0) is 19.4 Å². The van der Waals surface area contributed by atoms with E-state index in [0.717, 1.165) is 75.8 Å². The van der Waals surface area contributed by atoms with Gasteiger partial charge in [-0.3, -0.25) is 4.79 Å². The van der Waals surface area contributed by atoms with Gasteiger partial charge in [0, 0.05) is 22.3 Å². The first kappa shape index (κ1) is 27.9. The molecule has 3 heterocycles. The number of hydrogen-bond donors (Lipinski definition) is 1. The summed E-state index contributed by atoms with van der Waals surface area (Å²) in [6.45, 7) is 2.45. The van der Waals surface area contributed by atoms with Gasteiger partial charge in [-0.15, -0.1) is 11.3 Å². The molecule has 1 amide bonds. The van der Waals surface area contributed by atoms with Crippen molar-refractivity contribution in [1.82, 2.24) is 9.88 Å². The summed E-state index contributed by atoms with van der Waals surface area (Å²) in [7, 11) is 0. The van der Waals surface area contributed by atoms with Crippen molar-refractivity contribution in [2.45, 2.75) is 39.2 Å². The third-order valence-electron chi connectivity index (χ3n) is 8.14. The van der Waals surface area contributed by atoms with E-state index in [-0.39, 0.29) is 5.91 Å². The molecule has 0 radical (unpaired) electrons. The molecule has 7 rings (SSSR count). The minimum Gasteiger partial charge on any atom is -0.467 e. The Labute approximate surface area is 261 Å². The van der Waals surface area contributed by atoms with Crippen LogP contribution in [0.3, 0.4) is 0 Å². The second-order valence-electron chi connectivity index (χ2n) is 11.1. The van der Waals surface area contributed by atoms with Gasteiger partial charge in [0.05, 0.1) is 29.8 Å². The number of carbonyl (C=O) groups excluding carboxylic acids is 1. The molecule has 6 aromatic rings. The molecule has 5 nitrogen and oxygen atoms in total. The monoisotopic (exact) mass is 595 g/mol. The Balaban J connectivity index is 1.37. The van der Waals surface area contributed by atoms with Gasteiger partial charge >= 0.3 is 0 Å². The molecule has 0 atom stereocenters. The van der Waals surface area contributed by atoms with Gasteiger partial charge in [0.15, 0.2) is 0 Å². The van der Waals surface area contributed by atoms with Gasteiger partial charge in [-0.1, -0.05) is 78.4 Å². The number of nitrogens with one attached hydrogen (secondary N) is 1. The summed E-state index contributed by atoms with van der Waals surface area (Å²) in [6, 6.07) is 35.5. The maximum atomic E-state index is 13.6. The molecule has 0 unspecified atom stereocenters. The van der Waals surface area contributed by atoms with Crippen molar-refractivity contribution in [3.63, 3.8) is 0 Å². The van der Waals surface area contributed by atoms with Gasteiger partial charge in [0.1, 0.15) is 10.8 Å². The first-order valence-corrected chi connectivity index (χ1v) is 15.9. The number of aliphatic imine (C=N–C) groups is 1. The second kappa shape index (κ2) is 12.3. The molecule has 44 heavy (non-hydrogen) atoms. The van der Waals surface area contributed by atoms with Crippen LogP contribution in [0.1, 0.15) is 50.5 Å². The van der Waals surface area contributed by atoms with E-state index in [1.807, 2.05) is 30.5 Å². The largest absolute Gasteiger partial charge is 0.467 e. The predicted octanol–water partition coefficient (Wildman–Crippen LogP) is 9.33. The molecule has 6 heteroatoms. The zero-order valence-corrected chi connectivity index (χ0v) is 25.4. The summed E-state index contributed by atoms with van der Waals surface area (Å²) in [5.41, 5.74) is 9.49. The number of amides is 1. The lowest BCUT2D eigenvalue weighted by molar-refractivity contribution is 0.0948. The summed E-state index contributed by atoms with van der Waals surface area (Å²) in [5, 5.41) is 3.83. The van der Waals surface area contributed by atoms with Gasteiger partial charge in [-0.05, 0) is 79.6 Å². The van der Waals surface area contributed by atoms with Crippen LogP contribution in [0.4, 0.5) is 5.00 Å². The van der Waals surface area contributed by atoms with Gasteiger partial charge < -0.3 is 14.3 Å². The number of fused-ring (bicyclic) bond motifs is 1. The van der Waals surface area contributed by atoms with Crippen molar-refractivity contribution in [2.75, 3.05) is 0 Å². The highest BCUT2D eigenvalue weighted by Crippen LogP contribution is 2.41. The van der Waals surface area contributed by atoms with Crippen molar-refractivity contribution in [3.05, 3.63) is 142 Å². The zero-order chi connectivity index (χ0) is 29.9. The summed E-state index contributed by atoms with van der Waals surface area (Å²) < 4.78 is 7.77. The molecule has 0 saturated heterocycles. The van der Waals surface area contributed by atoms with Crippen LogP contribution in [0, 0.1) is 6.92 Å². The highest BCUT2D eigenvalue weighted by molar-refractivity contribution is 7.16. The van der Waals surface area contributed by atoms with Crippen molar-refractivity contribution in [3.8, 4) is 28.2 Å². The molecule has 218 valence electrons. The highest BCUT2D eigenvalue weighted by atomic mass is 32.1. The van der Waals surface area contributed by atoms with Crippen LogP contribution < -0.4 is 5.32 Å². The minimum absolute atomic E-state index is 0.0987. The number of aromatic nitrogens is 1. The lowest BCUT2D eigenvalue weighted by Crippen LogP contribution is -2.23. The van der Waals surface area contributed by atoms with Crippen molar-refractivity contribution in [2.24, 2.45) is 4.99 Å². The molecule has 3 aromatic carbocycles. The molecular formula is C38H33N3O2S. The lowest BCUT2D eigenvalue weighted by atomic mass is 9.95. The zero-order valence-electron chi connectivity index (χ0n) is 24.6. The quantitative estimate of drug-likeness (QED) is 0.178. The Hall–Kier alpha value is -4.94. The number of aryl methyl sites for hydroxylation is 2. The molecule has 0 saturated carbocycles. The van der Waals surface area contributed by atoms with Crippen LogP contribution in [0.2, 0.25) is 0 Å². The molecule has 1 aliphatic carbocycles. The topological polar surface area (TPSA) is 59.5 Å². The summed E-state index contributed by atoms with van der Waals surface area (Å²) in [6.07, 6.45) is 7.69. The van der Waals surface area contributed by atoms with Gasteiger partial charge in [-0.2, -0.15) is 0 Å². The van der Waals surface area contributed by atoms with Crippen molar-refractivity contribution >= 4 is 28.5 Å². The Morgan fingerprint density at radius 3 is 2.36 bits per heavy atom. The maximum absolute atomic E-state index is 13.6. The van der Waals surface area contributed by atoms with E-state index in [9.17, 15) is 4.79 Å². The molecule has 1 aliphatic rings. The average molecular weight is 596 g/mol.